The van der Waals surface area contributed by atoms with Crippen LogP contribution in [0.1, 0.15) is 52.9 Å². The van der Waals surface area contributed by atoms with Crippen molar-refractivity contribution in [3.8, 4) is 0 Å². The zero-order valence-electron chi connectivity index (χ0n) is 17.0. The molecule has 4 aliphatic rings. The molecule has 0 heterocycles. The highest BCUT2D eigenvalue weighted by Gasteiger charge is 2.76. The van der Waals surface area contributed by atoms with E-state index in [1.807, 2.05) is 0 Å². The van der Waals surface area contributed by atoms with Gasteiger partial charge in [0.1, 0.15) is 11.5 Å². The van der Waals surface area contributed by atoms with Crippen molar-refractivity contribution in [3.63, 3.8) is 0 Å². The first-order valence-corrected chi connectivity index (χ1v) is 10.4. The van der Waals surface area contributed by atoms with Crippen molar-refractivity contribution >= 4 is 11.8 Å². The zero-order chi connectivity index (χ0) is 20.6. The highest BCUT2D eigenvalue weighted by molar-refractivity contribution is 6.05. The van der Waals surface area contributed by atoms with Crippen LogP contribution in [0.5, 0.6) is 0 Å². The predicted molar refractivity (Wildman–Crippen MR) is 101 cm³/mol. The van der Waals surface area contributed by atoms with Gasteiger partial charge in [0.05, 0.1) is 12.2 Å². The third-order valence-corrected chi connectivity index (χ3v) is 8.93. The summed E-state index contributed by atoms with van der Waals surface area (Å²) in [5.41, 5.74) is -1.69. The maximum Gasteiger partial charge on any atom is 0.302 e. The molecular weight excluding hydrogens is 360 g/mol. The molecule has 0 aromatic rings. The summed E-state index contributed by atoms with van der Waals surface area (Å²) in [6.07, 6.45) is 0.726. The van der Waals surface area contributed by atoms with Crippen LogP contribution in [0.3, 0.4) is 0 Å². The number of hydrogen-bond donors (Lipinski definition) is 3. The van der Waals surface area contributed by atoms with Crippen LogP contribution in [0.25, 0.3) is 0 Å². The molecule has 0 aliphatic heterocycles. The van der Waals surface area contributed by atoms with E-state index in [2.05, 4.69) is 20.4 Å². The number of aliphatic hydroxyl groups excluding tert-OH is 3. The molecule has 4 fully saturated rings. The summed E-state index contributed by atoms with van der Waals surface area (Å²) in [7, 11) is 0. The molecule has 0 radical (unpaired) electrons. The number of carbonyl (C=O) groups is 2. The molecular formula is C22H32O6. The fourth-order valence-electron chi connectivity index (χ4n) is 7.75. The Bertz CT molecular complexity index is 733. The molecule has 4 aliphatic carbocycles. The number of fused-ring (bicyclic) bond motifs is 3. The van der Waals surface area contributed by atoms with Crippen LogP contribution < -0.4 is 0 Å². The van der Waals surface area contributed by atoms with E-state index in [0.29, 0.717) is 12.8 Å². The Hall–Kier alpha value is -1.24. The minimum absolute atomic E-state index is 0.0220. The summed E-state index contributed by atoms with van der Waals surface area (Å²) in [5, 5.41) is 32.3. The SMILES string of the molecule is C=C1C(=O)[C@]23C(O)[C@H]1[C@@H](O)C[C@H]2[C@]1(C)CCC[C@](C)(CO)[C@H]1C[C@H]3OC(C)=O. The lowest BCUT2D eigenvalue weighted by Crippen LogP contribution is -2.69. The average Bonchev–Trinajstić information content (AvgIpc) is 2.75. The molecule has 6 heteroatoms. The van der Waals surface area contributed by atoms with E-state index in [-0.39, 0.29) is 40.6 Å². The van der Waals surface area contributed by atoms with E-state index in [9.17, 15) is 24.9 Å². The first-order valence-electron chi connectivity index (χ1n) is 10.4. The van der Waals surface area contributed by atoms with Crippen molar-refractivity contribution in [2.45, 2.75) is 71.2 Å². The maximum atomic E-state index is 13.5. The third-order valence-electron chi connectivity index (χ3n) is 8.93. The van der Waals surface area contributed by atoms with Gasteiger partial charge in [-0.15, -0.1) is 0 Å². The lowest BCUT2D eigenvalue weighted by molar-refractivity contribution is -0.248. The summed E-state index contributed by atoms with van der Waals surface area (Å²) >= 11 is 0. The number of esters is 1. The van der Waals surface area contributed by atoms with Crippen LogP contribution in [-0.2, 0) is 14.3 Å². The number of hydrogen-bond acceptors (Lipinski definition) is 6. The van der Waals surface area contributed by atoms with Gasteiger partial charge in [0, 0.05) is 19.4 Å². The van der Waals surface area contributed by atoms with Crippen LogP contribution in [-0.4, -0.2) is 52.0 Å². The van der Waals surface area contributed by atoms with E-state index in [1.54, 1.807) is 0 Å². The summed E-state index contributed by atoms with van der Waals surface area (Å²) in [6.45, 7) is 9.44. The molecule has 6 nitrogen and oxygen atoms in total. The molecule has 0 aromatic carbocycles. The van der Waals surface area contributed by atoms with Gasteiger partial charge in [-0.25, -0.2) is 0 Å². The lowest BCUT2D eigenvalue weighted by atomic mass is 9.39. The predicted octanol–water partition coefficient (Wildman–Crippen LogP) is 1.61. The van der Waals surface area contributed by atoms with E-state index >= 15 is 0 Å². The fraction of sp³-hybridized carbons (Fsp3) is 0.818. The highest BCUT2D eigenvalue weighted by atomic mass is 16.5. The van der Waals surface area contributed by atoms with Gasteiger partial charge in [-0.05, 0) is 53.9 Å². The quantitative estimate of drug-likeness (QED) is 0.487. The third kappa shape index (κ3) is 2.20. The smallest absolute Gasteiger partial charge is 0.302 e. The maximum absolute atomic E-state index is 13.5. The van der Waals surface area contributed by atoms with E-state index in [0.717, 1.165) is 19.3 Å². The van der Waals surface area contributed by atoms with E-state index < -0.39 is 35.6 Å². The molecule has 0 amide bonds. The second-order valence-corrected chi connectivity index (χ2v) is 10.2. The molecule has 4 saturated carbocycles. The normalized spacial score (nSPS) is 52.8. The van der Waals surface area contributed by atoms with Crippen molar-refractivity contribution in [1.82, 2.24) is 0 Å². The van der Waals surface area contributed by atoms with Crippen LogP contribution in [0.15, 0.2) is 12.2 Å². The highest BCUT2D eigenvalue weighted by Crippen LogP contribution is 2.71. The van der Waals surface area contributed by atoms with Crippen molar-refractivity contribution in [2.75, 3.05) is 6.61 Å². The largest absolute Gasteiger partial charge is 0.461 e. The molecule has 3 N–H and O–H groups in total. The van der Waals surface area contributed by atoms with E-state index in [1.165, 1.54) is 6.92 Å². The molecule has 0 saturated heterocycles. The van der Waals surface area contributed by atoms with Crippen LogP contribution in [0, 0.1) is 34.0 Å². The Kier molecular flexibility index (Phi) is 4.39. The first-order chi connectivity index (χ1) is 13.0. The van der Waals surface area contributed by atoms with Crippen molar-refractivity contribution in [1.29, 1.82) is 0 Å². The topological polar surface area (TPSA) is 104 Å². The molecule has 2 bridgehead atoms. The van der Waals surface area contributed by atoms with Gasteiger partial charge in [-0.2, -0.15) is 0 Å². The van der Waals surface area contributed by atoms with Gasteiger partial charge in [0.2, 0.25) is 0 Å². The number of ketones is 1. The monoisotopic (exact) mass is 392 g/mol. The summed E-state index contributed by atoms with van der Waals surface area (Å²) in [6, 6.07) is 0. The second kappa shape index (κ2) is 6.13. The Morgan fingerprint density at radius 1 is 1.21 bits per heavy atom. The van der Waals surface area contributed by atoms with Crippen molar-refractivity contribution < 1.29 is 29.6 Å². The lowest BCUT2D eigenvalue weighted by Gasteiger charge is -2.66. The van der Waals surface area contributed by atoms with Gasteiger partial charge in [-0.3, -0.25) is 9.59 Å². The zero-order valence-corrected chi connectivity index (χ0v) is 17.0. The number of ether oxygens (including phenoxy) is 1. The number of rotatable bonds is 2. The standard InChI is InChI=1S/C22H32O6/c1-11-17-13(25)8-15-21(4)7-5-6-20(3,10-23)14(21)9-16(28-12(2)24)22(15,18(11)26)19(17)27/h13-17,19,23,25,27H,1,5-10H2,2-4H3/t13-,14+,15-,16+,17+,19?,20+,21+,22-/m0/s1. The second-order valence-electron chi connectivity index (χ2n) is 10.2. The Morgan fingerprint density at radius 3 is 2.50 bits per heavy atom. The average molecular weight is 392 g/mol. The molecule has 1 unspecified atom stereocenters. The molecule has 156 valence electrons. The Morgan fingerprint density at radius 2 is 1.89 bits per heavy atom. The minimum atomic E-state index is -1.24. The molecule has 0 aromatic heterocycles. The van der Waals surface area contributed by atoms with Gasteiger partial charge in [-0.1, -0.05) is 26.8 Å². The summed E-state index contributed by atoms with van der Waals surface area (Å²) < 4.78 is 5.71. The minimum Gasteiger partial charge on any atom is -0.461 e. The van der Waals surface area contributed by atoms with Crippen molar-refractivity contribution in [3.05, 3.63) is 12.2 Å². The summed E-state index contributed by atoms with van der Waals surface area (Å²) in [5.74, 6) is -1.74. The molecule has 1 spiro atoms. The molecule has 4 rings (SSSR count). The van der Waals surface area contributed by atoms with Crippen LogP contribution in [0.4, 0.5) is 0 Å². The van der Waals surface area contributed by atoms with Gasteiger partial charge in [0.25, 0.3) is 0 Å². The molecule has 9 atom stereocenters. The Balaban J connectivity index is 1.92. The number of Topliss-reactive ketones (excluding diaryl/α,β-unsaturated/α-hetero) is 1. The van der Waals surface area contributed by atoms with Gasteiger partial charge >= 0.3 is 5.97 Å². The summed E-state index contributed by atoms with van der Waals surface area (Å²) in [4.78, 5) is 25.5. The van der Waals surface area contributed by atoms with Crippen molar-refractivity contribution in [2.24, 2.45) is 34.0 Å². The fourth-order valence-corrected chi connectivity index (χ4v) is 7.75. The van der Waals surface area contributed by atoms with Crippen LogP contribution in [0.2, 0.25) is 0 Å². The van der Waals surface area contributed by atoms with Crippen LogP contribution >= 0.6 is 0 Å². The number of aliphatic hydroxyl groups is 3. The van der Waals surface area contributed by atoms with Gasteiger partial charge < -0.3 is 20.1 Å². The molecule has 28 heavy (non-hydrogen) atoms. The number of carbonyl (C=O) groups excluding carboxylic acids is 2. The van der Waals surface area contributed by atoms with E-state index in [4.69, 9.17) is 4.74 Å². The first kappa shape index (κ1) is 20.0. The Labute approximate surface area is 166 Å². The van der Waals surface area contributed by atoms with Gasteiger partial charge in [0.15, 0.2) is 5.78 Å².